The van der Waals surface area contributed by atoms with Gasteiger partial charge in [-0.1, -0.05) is 51.8 Å². The third-order valence-electron chi connectivity index (χ3n) is 9.71. The van der Waals surface area contributed by atoms with Crippen LogP contribution in [0.4, 0.5) is 5.82 Å². The number of ether oxygens (including phenoxy) is 5. The molecule has 15 nitrogen and oxygen atoms in total. The molecule has 2 fully saturated rings. The van der Waals surface area contributed by atoms with Crippen molar-refractivity contribution < 1.29 is 43.2 Å². The number of rotatable bonds is 20. The lowest BCUT2D eigenvalue weighted by atomic mass is 9.87. The first kappa shape index (κ1) is 41.9. The zero-order chi connectivity index (χ0) is 38.3. The fraction of sp³-hybridized carbons (Fsp3) is 0.658. The number of aromatic nitrogens is 2. The molecular formula is C38H57N5O10. The van der Waals surface area contributed by atoms with E-state index in [2.05, 4.69) is 15.6 Å². The summed E-state index contributed by atoms with van der Waals surface area (Å²) in [5, 5.41) is 16.7. The maximum absolute atomic E-state index is 13.0. The fourth-order valence-electron chi connectivity index (χ4n) is 6.82. The van der Waals surface area contributed by atoms with Gasteiger partial charge in [-0.25, -0.2) is 9.59 Å². The molecule has 2 aliphatic heterocycles. The molecule has 2 aromatic rings. The van der Waals surface area contributed by atoms with Crippen molar-refractivity contribution in [3.63, 3.8) is 0 Å². The Morgan fingerprint density at radius 3 is 2.32 bits per heavy atom. The number of aliphatic hydroxyl groups is 1. The van der Waals surface area contributed by atoms with Crippen molar-refractivity contribution in [2.24, 2.45) is 5.92 Å². The van der Waals surface area contributed by atoms with Gasteiger partial charge in [-0.15, -0.1) is 0 Å². The van der Waals surface area contributed by atoms with Crippen LogP contribution < -0.4 is 22.1 Å². The second-order valence-electron chi connectivity index (χ2n) is 13.7. The highest BCUT2D eigenvalue weighted by atomic mass is 16.7. The highest BCUT2D eigenvalue weighted by Crippen LogP contribution is 2.33. The number of hydrogen-bond donors (Lipinski definition) is 4. The van der Waals surface area contributed by atoms with Crippen LogP contribution in [-0.2, 0) is 33.3 Å². The number of nitrogens with one attached hydrogen (secondary N) is 2. The van der Waals surface area contributed by atoms with Gasteiger partial charge < -0.3 is 45.2 Å². The summed E-state index contributed by atoms with van der Waals surface area (Å²) in [7, 11) is 0. The van der Waals surface area contributed by atoms with Crippen molar-refractivity contribution >= 4 is 23.6 Å². The standard InChI is InChI=1S/C38H57N5O10/c1-5-27-24(3)33(53-36(47)26-16-10-9-11-17-26)31(41-25(4)44)37(52-27)50-23-15-12-18-30(45)40-20-13-7-8-14-22-49-34-28(6-2)51-35(32(34)46)43-21-19-29(39)42-38(43)48/h9-11,16-17,19,21,24,27-28,31-35,37,46H,5-8,12-15,18,20,22-23H2,1-4H3,(H,40,45)(H,41,44)(H2,39,42,48)/t24-,27+,28+,31+,32-,33-,34?,35+,37+/m0/s1. The molecule has 1 aromatic heterocycles. The number of nitrogens with zero attached hydrogens (tertiary/aromatic N) is 2. The molecule has 9 atom stereocenters. The second-order valence-corrected chi connectivity index (χ2v) is 13.7. The minimum atomic E-state index is -1.02. The second kappa shape index (κ2) is 21.1. The van der Waals surface area contributed by atoms with Gasteiger partial charge in [0, 0.05) is 45.2 Å². The summed E-state index contributed by atoms with van der Waals surface area (Å²) in [5.74, 6) is -0.871. The van der Waals surface area contributed by atoms with Crippen LogP contribution >= 0.6 is 0 Å². The predicted octanol–water partition coefficient (Wildman–Crippen LogP) is 3.24. The van der Waals surface area contributed by atoms with E-state index in [-0.39, 0.29) is 35.8 Å². The number of hydrogen-bond acceptors (Lipinski definition) is 12. The lowest BCUT2D eigenvalue weighted by Crippen LogP contribution is -2.62. The number of unbranched alkanes of at least 4 members (excludes halogenated alkanes) is 4. The lowest BCUT2D eigenvalue weighted by molar-refractivity contribution is -0.249. The smallest absolute Gasteiger partial charge is 0.351 e. The third kappa shape index (κ3) is 12.1. The van der Waals surface area contributed by atoms with Crippen molar-refractivity contribution in [1.29, 1.82) is 0 Å². The van der Waals surface area contributed by atoms with Crippen molar-refractivity contribution in [2.45, 2.75) is 135 Å². The van der Waals surface area contributed by atoms with E-state index in [4.69, 9.17) is 29.4 Å². The molecule has 53 heavy (non-hydrogen) atoms. The van der Waals surface area contributed by atoms with Crippen LogP contribution in [0.5, 0.6) is 0 Å². The van der Waals surface area contributed by atoms with Gasteiger partial charge in [-0.05, 0) is 56.7 Å². The Hall–Kier alpha value is -3.89. The predicted molar refractivity (Wildman–Crippen MR) is 196 cm³/mol. The van der Waals surface area contributed by atoms with Crippen molar-refractivity contribution in [3.05, 3.63) is 58.6 Å². The highest BCUT2D eigenvalue weighted by molar-refractivity contribution is 5.89. The van der Waals surface area contributed by atoms with Gasteiger partial charge in [0.1, 0.15) is 30.2 Å². The molecule has 1 unspecified atom stereocenters. The first-order valence-electron chi connectivity index (χ1n) is 18.9. The van der Waals surface area contributed by atoms with E-state index in [1.807, 2.05) is 26.8 Å². The van der Waals surface area contributed by atoms with Gasteiger partial charge in [-0.3, -0.25) is 14.2 Å². The molecule has 15 heteroatoms. The van der Waals surface area contributed by atoms with Crippen molar-refractivity contribution in [1.82, 2.24) is 20.2 Å². The minimum Gasteiger partial charge on any atom is -0.456 e. The van der Waals surface area contributed by atoms with Gasteiger partial charge >= 0.3 is 11.7 Å². The summed E-state index contributed by atoms with van der Waals surface area (Å²) in [4.78, 5) is 53.5. The van der Waals surface area contributed by atoms with Crippen LogP contribution in [0, 0.1) is 5.92 Å². The van der Waals surface area contributed by atoms with E-state index >= 15 is 0 Å². The number of nitrogens with two attached hydrogens (primary N) is 1. The first-order chi connectivity index (χ1) is 25.5. The minimum absolute atomic E-state index is 0.0306. The third-order valence-corrected chi connectivity index (χ3v) is 9.71. The molecule has 2 amide bonds. The topological polar surface area (TPSA) is 203 Å². The molecule has 1 aromatic carbocycles. The van der Waals surface area contributed by atoms with Crippen LogP contribution in [0.2, 0.25) is 0 Å². The quantitative estimate of drug-likeness (QED) is 0.114. The highest BCUT2D eigenvalue weighted by Gasteiger charge is 2.47. The number of amides is 2. The van der Waals surface area contributed by atoms with E-state index in [1.165, 1.54) is 23.8 Å². The van der Waals surface area contributed by atoms with Gasteiger partial charge in [0.25, 0.3) is 0 Å². The number of aliphatic hydroxyl groups excluding tert-OH is 1. The Morgan fingerprint density at radius 2 is 1.62 bits per heavy atom. The van der Waals surface area contributed by atoms with Gasteiger partial charge in [0.2, 0.25) is 11.8 Å². The lowest BCUT2D eigenvalue weighted by Gasteiger charge is -2.45. The molecule has 0 saturated carbocycles. The number of benzene rings is 1. The number of carbonyl (C=O) groups excluding carboxylic acids is 3. The van der Waals surface area contributed by atoms with E-state index in [9.17, 15) is 24.3 Å². The van der Waals surface area contributed by atoms with Crippen LogP contribution in [-0.4, -0.2) is 95.1 Å². The van der Waals surface area contributed by atoms with E-state index in [0.717, 1.165) is 25.7 Å². The summed E-state index contributed by atoms with van der Waals surface area (Å²) in [6, 6.07) is 9.52. The average molecular weight is 744 g/mol. The SMILES string of the molecule is CC[C@H]1O[C@@H](n2ccc(N)nc2=O)[C@@H](O)C1OCCCCCCNC(=O)CCCCO[C@@H]1O[C@H](CC)[C@H](C)[C@H](OC(=O)c2ccccc2)[C@H]1NC(C)=O. The monoisotopic (exact) mass is 743 g/mol. The fourth-order valence-corrected chi connectivity index (χ4v) is 6.82. The molecule has 0 spiro atoms. The largest absolute Gasteiger partial charge is 0.456 e. The Labute approximate surface area is 311 Å². The molecule has 2 aliphatic rings. The van der Waals surface area contributed by atoms with Crippen LogP contribution in [0.25, 0.3) is 0 Å². The van der Waals surface area contributed by atoms with Crippen LogP contribution in [0.15, 0.2) is 47.4 Å². The molecular weight excluding hydrogens is 686 g/mol. The van der Waals surface area contributed by atoms with Crippen molar-refractivity contribution in [3.8, 4) is 0 Å². The van der Waals surface area contributed by atoms with Gasteiger partial charge in [0.05, 0.1) is 17.8 Å². The summed E-state index contributed by atoms with van der Waals surface area (Å²) < 4.78 is 31.4. The van der Waals surface area contributed by atoms with Crippen molar-refractivity contribution in [2.75, 3.05) is 25.5 Å². The molecule has 4 rings (SSSR count). The van der Waals surface area contributed by atoms with E-state index < -0.39 is 48.5 Å². The molecule has 0 bridgehead atoms. The number of esters is 1. The summed E-state index contributed by atoms with van der Waals surface area (Å²) >= 11 is 0. The van der Waals surface area contributed by atoms with Crippen LogP contribution in [0.3, 0.4) is 0 Å². The molecule has 2 saturated heterocycles. The number of anilines is 1. The maximum Gasteiger partial charge on any atom is 0.351 e. The Morgan fingerprint density at radius 1 is 0.925 bits per heavy atom. The molecule has 0 aliphatic carbocycles. The van der Waals surface area contributed by atoms with Crippen LogP contribution in [0.1, 0.15) is 102 Å². The van der Waals surface area contributed by atoms with Gasteiger partial charge in [-0.2, -0.15) is 4.98 Å². The molecule has 0 radical (unpaired) electrons. The zero-order valence-electron chi connectivity index (χ0n) is 31.3. The molecule has 5 N–H and O–H groups in total. The molecule has 3 heterocycles. The zero-order valence-corrected chi connectivity index (χ0v) is 31.3. The maximum atomic E-state index is 13.0. The Kier molecular flexibility index (Phi) is 16.7. The Balaban J connectivity index is 1.10. The summed E-state index contributed by atoms with van der Waals surface area (Å²) in [6.07, 6.45) is 3.20. The Bertz CT molecular complexity index is 1510. The summed E-state index contributed by atoms with van der Waals surface area (Å²) in [6.45, 7) is 8.59. The van der Waals surface area contributed by atoms with E-state index in [1.54, 1.807) is 24.3 Å². The number of carbonyl (C=O) groups is 3. The molecule has 294 valence electrons. The summed E-state index contributed by atoms with van der Waals surface area (Å²) in [5.41, 5.74) is 5.41. The number of nitrogen functional groups attached to an aromatic ring is 1. The van der Waals surface area contributed by atoms with Gasteiger partial charge in [0.15, 0.2) is 12.5 Å². The average Bonchev–Trinajstić information content (AvgIpc) is 3.45. The normalized spacial score (nSPS) is 26.9. The van der Waals surface area contributed by atoms with E-state index in [0.29, 0.717) is 57.4 Å². The first-order valence-corrected chi connectivity index (χ1v) is 18.9.